The first-order valence-corrected chi connectivity index (χ1v) is 10.5. The molecule has 0 spiro atoms. The zero-order valence-corrected chi connectivity index (χ0v) is 17.2. The van der Waals surface area contributed by atoms with Crippen LogP contribution >= 0.6 is 0 Å². The van der Waals surface area contributed by atoms with E-state index in [2.05, 4.69) is 6.58 Å². The SMILES string of the molecule is C=CC(=O)OCCCCCCOc1ccc(OC(=O)[C@H]2CC[C@H](C(=O)O)CC2)cc1. The average Bonchev–Trinajstić information content (AvgIpc) is 2.76. The van der Waals surface area contributed by atoms with Crippen molar-refractivity contribution in [2.75, 3.05) is 13.2 Å². The molecule has 0 amide bonds. The zero-order chi connectivity index (χ0) is 21.8. The van der Waals surface area contributed by atoms with E-state index in [-0.39, 0.29) is 17.8 Å². The largest absolute Gasteiger partial charge is 0.494 e. The van der Waals surface area contributed by atoms with Gasteiger partial charge in [0.15, 0.2) is 0 Å². The first-order chi connectivity index (χ1) is 14.5. The van der Waals surface area contributed by atoms with E-state index in [1.165, 1.54) is 0 Å². The number of carbonyl (C=O) groups is 3. The molecular formula is C23H30O7. The number of hydrogen-bond acceptors (Lipinski definition) is 6. The molecule has 1 N–H and O–H groups in total. The summed E-state index contributed by atoms with van der Waals surface area (Å²) in [4.78, 5) is 34.2. The van der Waals surface area contributed by atoms with Crippen molar-refractivity contribution in [2.45, 2.75) is 51.4 Å². The Labute approximate surface area is 177 Å². The van der Waals surface area contributed by atoms with Crippen molar-refractivity contribution in [3.05, 3.63) is 36.9 Å². The standard InChI is InChI=1S/C23H30O7/c1-2-21(24)29-16-6-4-3-5-15-28-19-11-13-20(14-12-19)30-23(27)18-9-7-17(8-10-18)22(25)26/h2,11-14,17-18H,1,3-10,15-16H2,(H,25,26)/t17-,18-. The Balaban J connectivity index is 1.59. The maximum atomic E-state index is 12.3. The number of esters is 2. The van der Waals surface area contributed by atoms with Crippen molar-refractivity contribution in [3.8, 4) is 11.5 Å². The molecule has 0 bridgehead atoms. The second kappa shape index (κ2) is 12.7. The van der Waals surface area contributed by atoms with Crippen LogP contribution in [0, 0.1) is 11.8 Å². The minimum Gasteiger partial charge on any atom is -0.494 e. The first-order valence-electron chi connectivity index (χ1n) is 10.5. The lowest BCUT2D eigenvalue weighted by molar-refractivity contribution is -0.146. The van der Waals surface area contributed by atoms with Crippen LogP contribution in [-0.4, -0.2) is 36.2 Å². The molecule has 7 heteroatoms. The molecule has 1 aliphatic rings. The number of ether oxygens (including phenoxy) is 3. The molecule has 0 unspecified atom stereocenters. The Morgan fingerprint density at radius 3 is 2.07 bits per heavy atom. The van der Waals surface area contributed by atoms with Gasteiger partial charge < -0.3 is 19.3 Å². The van der Waals surface area contributed by atoms with Gasteiger partial charge in [-0.3, -0.25) is 9.59 Å². The normalized spacial score (nSPS) is 18.3. The molecule has 1 saturated carbocycles. The maximum absolute atomic E-state index is 12.3. The number of benzene rings is 1. The van der Waals surface area contributed by atoms with Crippen molar-refractivity contribution in [3.63, 3.8) is 0 Å². The van der Waals surface area contributed by atoms with Gasteiger partial charge in [0.2, 0.25) is 0 Å². The van der Waals surface area contributed by atoms with Gasteiger partial charge >= 0.3 is 17.9 Å². The molecule has 1 aromatic rings. The average molecular weight is 418 g/mol. The quantitative estimate of drug-likeness (QED) is 0.236. The number of unbranched alkanes of at least 4 members (excludes halogenated alkanes) is 3. The predicted molar refractivity (Wildman–Crippen MR) is 110 cm³/mol. The molecule has 0 atom stereocenters. The molecule has 0 saturated heterocycles. The molecule has 1 aromatic carbocycles. The van der Waals surface area contributed by atoms with E-state index < -0.39 is 11.9 Å². The summed E-state index contributed by atoms with van der Waals surface area (Å²) in [5, 5.41) is 9.03. The van der Waals surface area contributed by atoms with Crippen LogP contribution in [0.5, 0.6) is 11.5 Å². The van der Waals surface area contributed by atoms with Gasteiger partial charge in [0.05, 0.1) is 25.0 Å². The monoisotopic (exact) mass is 418 g/mol. The minimum atomic E-state index is -0.786. The molecule has 0 aliphatic heterocycles. The third kappa shape index (κ3) is 8.27. The van der Waals surface area contributed by atoms with Crippen molar-refractivity contribution >= 4 is 17.9 Å². The molecular weight excluding hydrogens is 388 g/mol. The van der Waals surface area contributed by atoms with Crippen molar-refractivity contribution in [1.29, 1.82) is 0 Å². The molecule has 0 heterocycles. The highest BCUT2D eigenvalue weighted by Gasteiger charge is 2.30. The molecule has 0 radical (unpaired) electrons. The van der Waals surface area contributed by atoms with Gasteiger partial charge in [0.25, 0.3) is 0 Å². The summed E-state index contributed by atoms with van der Waals surface area (Å²) in [6.07, 6.45) is 6.93. The molecule has 1 fully saturated rings. The van der Waals surface area contributed by atoms with Crippen molar-refractivity contribution in [2.24, 2.45) is 11.8 Å². The summed E-state index contributed by atoms with van der Waals surface area (Å²) in [7, 11) is 0. The van der Waals surface area contributed by atoms with E-state index in [0.717, 1.165) is 31.8 Å². The summed E-state index contributed by atoms with van der Waals surface area (Å²) in [6, 6.07) is 6.92. The Kier molecular flexibility index (Phi) is 9.91. The van der Waals surface area contributed by atoms with E-state index in [9.17, 15) is 14.4 Å². The van der Waals surface area contributed by atoms with E-state index in [1.807, 2.05) is 0 Å². The Bertz CT molecular complexity index is 703. The second-order valence-electron chi connectivity index (χ2n) is 7.41. The van der Waals surface area contributed by atoms with Gasteiger partial charge in [0, 0.05) is 6.08 Å². The third-order valence-electron chi connectivity index (χ3n) is 5.17. The number of carboxylic acid groups (broad SMARTS) is 1. The van der Waals surface area contributed by atoms with Gasteiger partial charge in [-0.25, -0.2) is 4.79 Å². The van der Waals surface area contributed by atoms with Gasteiger partial charge in [-0.05, 0) is 75.6 Å². The fourth-order valence-corrected chi connectivity index (χ4v) is 3.36. The zero-order valence-electron chi connectivity index (χ0n) is 17.2. The summed E-state index contributed by atoms with van der Waals surface area (Å²) in [5.41, 5.74) is 0. The first kappa shape index (κ1) is 23.4. The van der Waals surface area contributed by atoms with Crippen LogP contribution in [0.15, 0.2) is 36.9 Å². The van der Waals surface area contributed by atoms with Crippen LogP contribution in [0.1, 0.15) is 51.4 Å². The number of hydrogen-bond donors (Lipinski definition) is 1. The molecule has 0 aromatic heterocycles. The van der Waals surface area contributed by atoms with Crippen LogP contribution in [0.4, 0.5) is 0 Å². The highest BCUT2D eigenvalue weighted by molar-refractivity contribution is 5.81. The summed E-state index contributed by atoms with van der Waals surface area (Å²) in [6.45, 7) is 4.34. The Morgan fingerprint density at radius 1 is 0.900 bits per heavy atom. The summed E-state index contributed by atoms with van der Waals surface area (Å²) >= 11 is 0. The van der Waals surface area contributed by atoms with Gasteiger partial charge in [0.1, 0.15) is 11.5 Å². The fourth-order valence-electron chi connectivity index (χ4n) is 3.36. The van der Waals surface area contributed by atoms with E-state index in [0.29, 0.717) is 50.4 Å². The lowest BCUT2D eigenvalue weighted by Gasteiger charge is -2.24. The lowest BCUT2D eigenvalue weighted by atomic mass is 9.82. The van der Waals surface area contributed by atoms with Crippen LogP contribution in [0.2, 0.25) is 0 Å². The lowest BCUT2D eigenvalue weighted by Crippen LogP contribution is -2.28. The molecule has 164 valence electrons. The highest BCUT2D eigenvalue weighted by Crippen LogP contribution is 2.30. The van der Waals surface area contributed by atoms with Gasteiger partial charge in [-0.1, -0.05) is 6.58 Å². The maximum Gasteiger partial charge on any atom is 0.330 e. The fraction of sp³-hybridized carbons (Fsp3) is 0.522. The molecule has 7 nitrogen and oxygen atoms in total. The van der Waals surface area contributed by atoms with Crippen LogP contribution in [0.3, 0.4) is 0 Å². The van der Waals surface area contributed by atoms with Gasteiger partial charge in [-0.15, -0.1) is 0 Å². The van der Waals surface area contributed by atoms with Crippen LogP contribution in [0.25, 0.3) is 0 Å². The summed E-state index contributed by atoms with van der Waals surface area (Å²) < 4.78 is 16.0. The third-order valence-corrected chi connectivity index (χ3v) is 5.17. The van der Waals surface area contributed by atoms with Crippen molar-refractivity contribution in [1.82, 2.24) is 0 Å². The highest BCUT2D eigenvalue weighted by atomic mass is 16.5. The van der Waals surface area contributed by atoms with Crippen molar-refractivity contribution < 1.29 is 33.7 Å². The number of aliphatic carboxylic acids is 1. The number of carbonyl (C=O) groups excluding carboxylic acids is 2. The number of carboxylic acids is 1. The minimum absolute atomic E-state index is 0.239. The predicted octanol–water partition coefficient (Wildman–Crippen LogP) is 4.15. The Morgan fingerprint density at radius 2 is 1.47 bits per heavy atom. The molecule has 30 heavy (non-hydrogen) atoms. The topological polar surface area (TPSA) is 99.1 Å². The van der Waals surface area contributed by atoms with Crippen LogP contribution < -0.4 is 9.47 Å². The van der Waals surface area contributed by atoms with E-state index in [1.54, 1.807) is 24.3 Å². The molecule has 2 rings (SSSR count). The Hall–Kier alpha value is -2.83. The second-order valence-corrected chi connectivity index (χ2v) is 7.41. The number of rotatable bonds is 12. The smallest absolute Gasteiger partial charge is 0.330 e. The summed E-state index contributed by atoms with van der Waals surface area (Å²) in [5.74, 6) is -0.897. The molecule has 1 aliphatic carbocycles. The van der Waals surface area contributed by atoms with Gasteiger partial charge in [-0.2, -0.15) is 0 Å². The van der Waals surface area contributed by atoms with E-state index in [4.69, 9.17) is 19.3 Å². The van der Waals surface area contributed by atoms with Crippen LogP contribution in [-0.2, 0) is 19.1 Å². The van der Waals surface area contributed by atoms with E-state index >= 15 is 0 Å².